The fourth-order valence-electron chi connectivity index (χ4n) is 3.34. The standard InChI is InChI=1S/C18H26N4OS/c1-12-4-9-17(24-12)15-10-16(21-20-15)18(23)19-11-13-5-7-14(8-6-13)22(2)3/h4,9-10,13-14H,5-8,11H2,1-3H3,(H,19,23)(H,20,21). The molecule has 2 aromatic rings. The maximum absolute atomic E-state index is 12.3. The highest BCUT2D eigenvalue weighted by atomic mass is 32.1. The van der Waals surface area contributed by atoms with Crippen molar-refractivity contribution < 1.29 is 4.79 Å². The van der Waals surface area contributed by atoms with Crippen molar-refractivity contribution in [2.45, 2.75) is 38.6 Å². The van der Waals surface area contributed by atoms with Crippen LogP contribution in [0.25, 0.3) is 10.6 Å². The molecule has 1 amide bonds. The van der Waals surface area contributed by atoms with Gasteiger partial charge < -0.3 is 10.2 Å². The van der Waals surface area contributed by atoms with Gasteiger partial charge in [-0.1, -0.05) is 0 Å². The number of H-pyrrole nitrogens is 1. The van der Waals surface area contributed by atoms with Gasteiger partial charge in [-0.2, -0.15) is 5.10 Å². The van der Waals surface area contributed by atoms with Crippen LogP contribution in [0.3, 0.4) is 0 Å². The van der Waals surface area contributed by atoms with Gasteiger partial charge in [0.15, 0.2) is 5.69 Å². The predicted molar refractivity (Wildman–Crippen MR) is 98.4 cm³/mol. The molecule has 0 radical (unpaired) electrons. The van der Waals surface area contributed by atoms with Crippen molar-refractivity contribution in [2.24, 2.45) is 5.92 Å². The van der Waals surface area contributed by atoms with E-state index in [2.05, 4.69) is 53.6 Å². The SMILES string of the molecule is Cc1ccc(-c2cc(C(=O)NCC3CCC(N(C)C)CC3)n[nH]2)s1. The Labute approximate surface area is 147 Å². The van der Waals surface area contributed by atoms with Crippen molar-refractivity contribution in [2.75, 3.05) is 20.6 Å². The van der Waals surface area contributed by atoms with Gasteiger partial charge in [0.25, 0.3) is 5.91 Å². The Morgan fingerprint density at radius 1 is 1.33 bits per heavy atom. The number of hydrogen-bond donors (Lipinski definition) is 2. The lowest BCUT2D eigenvalue weighted by molar-refractivity contribution is 0.0933. The molecule has 0 aliphatic heterocycles. The van der Waals surface area contributed by atoms with Crippen LogP contribution in [0, 0.1) is 12.8 Å². The number of thiophene rings is 1. The van der Waals surface area contributed by atoms with Crippen molar-refractivity contribution in [1.82, 2.24) is 20.4 Å². The fourth-order valence-corrected chi connectivity index (χ4v) is 4.17. The molecule has 0 unspecified atom stereocenters. The van der Waals surface area contributed by atoms with Crippen LogP contribution in [0.2, 0.25) is 0 Å². The Hall–Kier alpha value is -1.66. The van der Waals surface area contributed by atoms with Crippen LogP contribution < -0.4 is 5.32 Å². The molecule has 2 heterocycles. The molecule has 2 aromatic heterocycles. The van der Waals surface area contributed by atoms with Crippen molar-refractivity contribution in [1.29, 1.82) is 0 Å². The minimum Gasteiger partial charge on any atom is -0.350 e. The lowest BCUT2D eigenvalue weighted by Gasteiger charge is -2.32. The van der Waals surface area contributed by atoms with Crippen LogP contribution in [0.4, 0.5) is 0 Å². The molecular formula is C18H26N4OS. The zero-order chi connectivity index (χ0) is 17.1. The molecule has 0 bridgehead atoms. The molecule has 3 rings (SSSR count). The maximum atomic E-state index is 12.3. The third kappa shape index (κ3) is 4.05. The quantitative estimate of drug-likeness (QED) is 0.873. The first-order valence-corrected chi connectivity index (χ1v) is 9.41. The highest BCUT2D eigenvalue weighted by Crippen LogP contribution is 2.27. The third-order valence-electron chi connectivity index (χ3n) is 4.91. The van der Waals surface area contributed by atoms with Crippen LogP contribution in [0.15, 0.2) is 18.2 Å². The van der Waals surface area contributed by atoms with Crippen molar-refractivity contribution in [3.63, 3.8) is 0 Å². The number of aryl methyl sites for hydroxylation is 1. The van der Waals surface area contributed by atoms with Crippen molar-refractivity contribution in [3.8, 4) is 10.6 Å². The molecule has 0 atom stereocenters. The Morgan fingerprint density at radius 2 is 2.08 bits per heavy atom. The summed E-state index contributed by atoms with van der Waals surface area (Å²) < 4.78 is 0. The van der Waals surface area contributed by atoms with Crippen LogP contribution in [-0.2, 0) is 0 Å². The van der Waals surface area contributed by atoms with Crippen LogP contribution in [0.1, 0.15) is 41.0 Å². The van der Waals surface area contributed by atoms with Gasteiger partial charge in [-0.15, -0.1) is 11.3 Å². The summed E-state index contributed by atoms with van der Waals surface area (Å²) in [6.45, 7) is 2.82. The van der Waals surface area contributed by atoms with Crippen LogP contribution >= 0.6 is 11.3 Å². The van der Waals surface area contributed by atoms with E-state index in [0.717, 1.165) is 17.1 Å². The third-order valence-corrected chi connectivity index (χ3v) is 5.95. The van der Waals surface area contributed by atoms with E-state index in [1.807, 2.05) is 6.07 Å². The monoisotopic (exact) mass is 346 g/mol. The van der Waals surface area contributed by atoms with E-state index in [9.17, 15) is 4.79 Å². The second-order valence-corrected chi connectivity index (χ2v) is 8.21. The molecule has 24 heavy (non-hydrogen) atoms. The molecule has 5 nitrogen and oxygen atoms in total. The van der Waals surface area contributed by atoms with E-state index in [0.29, 0.717) is 17.7 Å². The fraction of sp³-hybridized carbons (Fsp3) is 0.556. The number of aromatic amines is 1. The number of aromatic nitrogens is 2. The topological polar surface area (TPSA) is 61.0 Å². The summed E-state index contributed by atoms with van der Waals surface area (Å²) in [5.41, 5.74) is 1.38. The largest absolute Gasteiger partial charge is 0.350 e. The molecule has 6 heteroatoms. The highest BCUT2D eigenvalue weighted by Gasteiger charge is 2.23. The van der Waals surface area contributed by atoms with E-state index in [1.165, 1.54) is 30.6 Å². The molecule has 1 fully saturated rings. The molecule has 1 saturated carbocycles. The maximum Gasteiger partial charge on any atom is 0.271 e. The van der Waals surface area contributed by atoms with Crippen molar-refractivity contribution >= 4 is 17.2 Å². The lowest BCUT2D eigenvalue weighted by Crippen LogP contribution is -2.36. The minimum atomic E-state index is -0.0829. The molecule has 0 aromatic carbocycles. The van der Waals surface area contributed by atoms with Gasteiger partial charge in [0, 0.05) is 17.5 Å². The zero-order valence-electron chi connectivity index (χ0n) is 14.6. The van der Waals surface area contributed by atoms with E-state index in [4.69, 9.17) is 0 Å². The van der Waals surface area contributed by atoms with Gasteiger partial charge in [-0.3, -0.25) is 9.89 Å². The number of amides is 1. The first-order chi connectivity index (χ1) is 11.5. The Kier molecular flexibility index (Phi) is 5.36. The van der Waals surface area contributed by atoms with Gasteiger partial charge in [-0.25, -0.2) is 0 Å². The first-order valence-electron chi connectivity index (χ1n) is 8.60. The van der Waals surface area contributed by atoms with Crippen molar-refractivity contribution in [3.05, 3.63) is 28.8 Å². The predicted octanol–water partition coefficient (Wildman–Crippen LogP) is 3.30. The van der Waals surface area contributed by atoms with Gasteiger partial charge in [0.2, 0.25) is 0 Å². The lowest BCUT2D eigenvalue weighted by atomic mass is 9.85. The summed E-state index contributed by atoms with van der Waals surface area (Å²) >= 11 is 1.70. The highest BCUT2D eigenvalue weighted by molar-refractivity contribution is 7.15. The number of nitrogens with one attached hydrogen (secondary N) is 2. The van der Waals surface area contributed by atoms with E-state index >= 15 is 0 Å². The smallest absolute Gasteiger partial charge is 0.271 e. The Bertz CT molecular complexity index is 683. The second-order valence-electron chi connectivity index (χ2n) is 6.93. The summed E-state index contributed by atoms with van der Waals surface area (Å²) in [7, 11) is 4.30. The normalized spacial score (nSPS) is 21.2. The molecule has 0 saturated heterocycles. The number of hydrogen-bond acceptors (Lipinski definition) is 4. The van der Waals surface area contributed by atoms with Gasteiger partial charge in [0.05, 0.1) is 10.6 Å². The average Bonchev–Trinajstić information content (AvgIpc) is 3.22. The Morgan fingerprint density at radius 3 is 2.71 bits per heavy atom. The summed E-state index contributed by atoms with van der Waals surface area (Å²) in [4.78, 5) is 17.0. The molecule has 130 valence electrons. The van der Waals surface area contributed by atoms with E-state index < -0.39 is 0 Å². The van der Waals surface area contributed by atoms with Crippen LogP contribution in [-0.4, -0.2) is 47.7 Å². The van der Waals surface area contributed by atoms with Gasteiger partial charge in [-0.05, 0) is 70.8 Å². The molecule has 0 spiro atoms. The van der Waals surface area contributed by atoms with Crippen LogP contribution in [0.5, 0.6) is 0 Å². The molecular weight excluding hydrogens is 320 g/mol. The summed E-state index contributed by atoms with van der Waals surface area (Å²) in [5.74, 6) is 0.504. The molecule has 2 N–H and O–H groups in total. The summed E-state index contributed by atoms with van der Waals surface area (Å²) in [5, 5.41) is 10.2. The summed E-state index contributed by atoms with van der Waals surface area (Å²) in [6, 6.07) is 6.66. The first kappa shape index (κ1) is 17.2. The Balaban J connectivity index is 1.50. The second kappa shape index (κ2) is 7.49. The number of carbonyl (C=O) groups is 1. The number of nitrogens with zero attached hydrogens (tertiary/aromatic N) is 2. The summed E-state index contributed by atoms with van der Waals surface area (Å²) in [6.07, 6.45) is 4.81. The molecule has 1 aliphatic carbocycles. The minimum absolute atomic E-state index is 0.0829. The van der Waals surface area contributed by atoms with Gasteiger partial charge >= 0.3 is 0 Å². The van der Waals surface area contributed by atoms with E-state index in [-0.39, 0.29) is 5.91 Å². The zero-order valence-corrected chi connectivity index (χ0v) is 15.4. The average molecular weight is 347 g/mol. The molecule has 1 aliphatic rings. The number of rotatable bonds is 5. The van der Waals surface area contributed by atoms with E-state index in [1.54, 1.807) is 11.3 Å². The number of carbonyl (C=O) groups excluding carboxylic acids is 1. The van der Waals surface area contributed by atoms with Gasteiger partial charge in [0.1, 0.15) is 0 Å².